The summed E-state index contributed by atoms with van der Waals surface area (Å²) in [6.07, 6.45) is 2.31. The van der Waals surface area contributed by atoms with Crippen LogP contribution in [0, 0.1) is 11.7 Å². The van der Waals surface area contributed by atoms with Gasteiger partial charge in [-0.25, -0.2) is 4.39 Å². The molecular weight excluding hydrogens is 323 g/mol. The Labute approximate surface area is 145 Å². The van der Waals surface area contributed by atoms with E-state index in [2.05, 4.69) is 4.98 Å². The first kappa shape index (κ1) is 17.1. The van der Waals surface area contributed by atoms with E-state index in [4.69, 9.17) is 0 Å². The number of aliphatic carboxylic acids is 1. The van der Waals surface area contributed by atoms with Gasteiger partial charge in [0, 0.05) is 36.5 Å². The summed E-state index contributed by atoms with van der Waals surface area (Å²) in [5.41, 5.74) is 2.05. The first-order valence-electron chi connectivity index (χ1n) is 8.22. The van der Waals surface area contributed by atoms with E-state index in [0.717, 1.165) is 17.7 Å². The molecule has 130 valence electrons. The van der Waals surface area contributed by atoms with Crippen LogP contribution in [-0.4, -0.2) is 40.0 Å². The SMILES string of the molecule is CCc1cc(C(=O)N2C[C@@H](C(=O)O)[C@H](c3ccc(F)cc3)C2)ccn1. The van der Waals surface area contributed by atoms with Gasteiger partial charge < -0.3 is 10.0 Å². The Morgan fingerprint density at radius 2 is 1.96 bits per heavy atom. The number of benzene rings is 1. The Morgan fingerprint density at radius 1 is 1.24 bits per heavy atom. The van der Waals surface area contributed by atoms with Crippen LogP contribution < -0.4 is 0 Å². The van der Waals surface area contributed by atoms with Gasteiger partial charge in [0.05, 0.1) is 5.92 Å². The Morgan fingerprint density at radius 3 is 2.60 bits per heavy atom. The molecule has 0 bridgehead atoms. The first-order valence-corrected chi connectivity index (χ1v) is 8.22. The fraction of sp³-hybridized carbons (Fsp3) is 0.316. The van der Waals surface area contributed by atoms with E-state index in [1.165, 1.54) is 12.1 Å². The number of rotatable bonds is 4. The lowest BCUT2D eigenvalue weighted by Crippen LogP contribution is -2.30. The molecule has 25 heavy (non-hydrogen) atoms. The van der Waals surface area contributed by atoms with Gasteiger partial charge in [-0.1, -0.05) is 19.1 Å². The second-order valence-electron chi connectivity index (χ2n) is 6.20. The number of carbonyl (C=O) groups excluding carboxylic acids is 1. The molecule has 2 atom stereocenters. The number of aromatic nitrogens is 1. The average molecular weight is 342 g/mol. The molecule has 1 saturated heterocycles. The van der Waals surface area contributed by atoms with E-state index in [-0.39, 0.29) is 24.2 Å². The Bertz CT molecular complexity index is 792. The molecule has 1 fully saturated rings. The molecule has 0 saturated carbocycles. The van der Waals surface area contributed by atoms with E-state index in [0.29, 0.717) is 12.1 Å². The second-order valence-corrected chi connectivity index (χ2v) is 6.20. The van der Waals surface area contributed by atoms with Gasteiger partial charge in [-0.2, -0.15) is 0 Å². The molecule has 1 aromatic heterocycles. The zero-order chi connectivity index (χ0) is 18.0. The third-order valence-corrected chi connectivity index (χ3v) is 4.65. The Hall–Kier alpha value is -2.76. The molecule has 5 nitrogen and oxygen atoms in total. The monoisotopic (exact) mass is 342 g/mol. The van der Waals surface area contributed by atoms with E-state index in [1.54, 1.807) is 35.4 Å². The highest BCUT2D eigenvalue weighted by Crippen LogP contribution is 2.33. The number of carboxylic acids is 1. The predicted molar refractivity (Wildman–Crippen MR) is 89.8 cm³/mol. The minimum atomic E-state index is -0.950. The largest absolute Gasteiger partial charge is 0.481 e. The number of carbonyl (C=O) groups is 2. The number of pyridine rings is 1. The van der Waals surface area contributed by atoms with Gasteiger partial charge in [0.2, 0.25) is 0 Å². The van der Waals surface area contributed by atoms with Crippen LogP contribution in [0.1, 0.15) is 34.5 Å². The van der Waals surface area contributed by atoms with Crippen LogP contribution in [-0.2, 0) is 11.2 Å². The molecule has 2 aromatic rings. The normalized spacial score (nSPS) is 19.8. The van der Waals surface area contributed by atoms with Crippen molar-refractivity contribution in [3.05, 3.63) is 65.2 Å². The highest BCUT2D eigenvalue weighted by Gasteiger charge is 2.40. The van der Waals surface area contributed by atoms with Crippen LogP contribution >= 0.6 is 0 Å². The van der Waals surface area contributed by atoms with Gasteiger partial charge >= 0.3 is 5.97 Å². The van der Waals surface area contributed by atoms with Crippen molar-refractivity contribution in [1.29, 1.82) is 0 Å². The number of carboxylic acid groups (broad SMARTS) is 1. The quantitative estimate of drug-likeness (QED) is 0.927. The number of amides is 1. The number of likely N-dealkylation sites (tertiary alicyclic amines) is 1. The van der Waals surface area contributed by atoms with Crippen LogP contribution in [0.3, 0.4) is 0 Å². The molecule has 0 radical (unpaired) electrons. The van der Waals surface area contributed by atoms with Gasteiger partial charge in [0.1, 0.15) is 5.82 Å². The molecule has 2 heterocycles. The summed E-state index contributed by atoms with van der Waals surface area (Å²) in [6.45, 7) is 2.39. The number of nitrogens with zero attached hydrogens (tertiary/aromatic N) is 2. The third-order valence-electron chi connectivity index (χ3n) is 4.65. The van der Waals surface area contributed by atoms with E-state index >= 15 is 0 Å². The van der Waals surface area contributed by atoms with E-state index in [1.807, 2.05) is 6.92 Å². The molecule has 3 rings (SSSR count). The van der Waals surface area contributed by atoms with E-state index < -0.39 is 11.9 Å². The zero-order valence-corrected chi connectivity index (χ0v) is 13.9. The van der Waals surface area contributed by atoms with Gasteiger partial charge in [-0.3, -0.25) is 14.6 Å². The predicted octanol–water partition coefficient (Wildman–Crippen LogP) is 2.72. The van der Waals surface area contributed by atoms with E-state index in [9.17, 15) is 19.1 Å². The lowest BCUT2D eigenvalue weighted by Gasteiger charge is -2.17. The Kier molecular flexibility index (Phi) is 4.79. The number of halogens is 1. The fourth-order valence-corrected chi connectivity index (χ4v) is 3.25. The summed E-state index contributed by atoms with van der Waals surface area (Å²) >= 11 is 0. The molecule has 1 aliphatic rings. The molecule has 1 aliphatic heterocycles. The maximum Gasteiger partial charge on any atom is 0.308 e. The van der Waals surface area contributed by atoms with Crippen molar-refractivity contribution in [2.24, 2.45) is 5.92 Å². The molecule has 1 N–H and O–H groups in total. The summed E-state index contributed by atoms with van der Waals surface area (Å²) < 4.78 is 13.1. The number of aryl methyl sites for hydroxylation is 1. The number of hydrogen-bond donors (Lipinski definition) is 1. The summed E-state index contributed by atoms with van der Waals surface area (Å²) in [5, 5.41) is 9.53. The number of hydrogen-bond acceptors (Lipinski definition) is 3. The minimum Gasteiger partial charge on any atom is -0.481 e. The molecule has 1 amide bonds. The lowest BCUT2D eigenvalue weighted by molar-refractivity contribution is -0.141. The average Bonchev–Trinajstić information content (AvgIpc) is 3.07. The summed E-state index contributed by atoms with van der Waals surface area (Å²) in [6, 6.07) is 9.19. The summed E-state index contributed by atoms with van der Waals surface area (Å²) in [5.74, 6) is -2.58. The van der Waals surface area contributed by atoms with Crippen LogP contribution in [0.4, 0.5) is 4.39 Å². The molecule has 0 unspecified atom stereocenters. The van der Waals surface area contributed by atoms with Crippen molar-refractivity contribution in [3.63, 3.8) is 0 Å². The van der Waals surface area contributed by atoms with Crippen LogP contribution in [0.2, 0.25) is 0 Å². The van der Waals surface area contributed by atoms with Crippen LogP contribution in [0.25, 0.3) is 0 Å². The van der Waals surface area contributed by atoms with Gasteiger partial charge in [0.25, 0.3) is 5.91 Å². The van der Waals surface area contributed by atoms with Gasteiger partial charge in [-0.05, 0) is 36.2 Å². The maximum absolute atomic E-state index is 13.1. The minimum absolute atomic E-state index is 0.139. The van der Waals surface area contributed by atoms with Crippen molar-refractivity contribution in [2.75, 3.05) is 13.1 Å². The zero-order valence-electron chi connectivity index (χ0n) is 13.9. The van der Waals surface area contributed by atoms with Crippen molar-refractivity contribution in [2.45, 2.75) is 19.3 Å². The van der Waals surface area contributed by atoms with Crippen LogP contribution in [0.15, 0.2) is 42.6 Å². The third kappa shape index (κ3) is 3.52. The maximum atomic E-state index is 13.1. The standard InChI is InChI=1S/C19H19FN2O3/c1-2-15-9-13(7-8-21-15)18(23)22-10-16(17(11-22)19(24)25)12-3-5-14(20)6-4-12/h3-9,16-17H,2,10-11H2,1H3,(H,24,25)/t16-,17+/m0/s1. The Balaban J connectivity index is 1.85. The van der Waals surface area contributed by atoms with Crippen molar-refractivity contribution < 1.29 is 19.1 Å². The van der Waals surface area contributed by atoms with Gasteiger partial charge in [-0.15, -0.1) is 0 Å². The fourth-order valence-electron chi connectivity index (χ4n) is 3.25. The smallest absolute Gasteiger partial charge is 0.308 e. The van der Waals surface area contributed by atoms with Crippen LogP contribution in [0.5, 0.6) is 0 Å². The second kappa shape index (κ2) is 7.01. The van der Waals surface area contributed by atoms with Gasteiger partial charge in [0.15, 0.2) is 0 Å². The van der Waals surface area contributed by atoms with Crippen molar-refractivity contribution in [1.82, 2.24) is 9.88 Å². The van der Waals surface area contributed by atoms with Crippen molar-refractivity contribution >= 4 is 11.9 Å². The molecule has 0 spiro atoms. The summed E-state index contributed by atoms with van der Waals surface area (Å²) in [4.78, 5) is 30.1. The molecule has 0 aliphatic carbocycles. The highest BCUT2D eigenvalue weighted by molar-refractivity contribution is 5.95. The highest BCUT2D eigenvalue weighted by atomic mass is 19.1. The van der Waals surface area contributed by atoms with Crippen molar-refractivity contribution in [3.8, 4) is 0 Å². The lowest BCUT2D eigenvalue weighted by atomic mass is 9.89. The molecule has 6 heteroatoms. The topological polar surface area (TPSA) is 70.5 Å². The first-order chi connectivity index (χ1) is 12.0. The summed E-state index contributed by atoms with van der Waals surface area (Å²) in [7, 11) is 0. The molecular formula is C19H19FN2O3. The molecule has 1 aromatic carbocycles.